The molecule has 0 saturated heterocycles. The SMILES string of the molecule is CCOP(=O)(Cc1cc(OC)cc(C)c1Br)OCC. The Hall–Kier alpha value is -0.350. The average molecular weight is 351 g/mol. The lowest BCUT2D eigenvalue weighted by Gasteiger charge is -2.18. The number of methoxy groups -OCH3 is 1. The summed E-state index contributed by atoms with van der Waals surface area (Å²) in [5.41, 5.74) is 1.89. The van der Waals surface area contributed by atoms with Gasteiger partial charge in [0.1, 0.15) is 5.75 Å². The molecule has 6 heteroatoms. The number of hydrogen-bond donors (Lipinski definition) is 0. The Morgan fingerprint density at radius 1 is 1.21 bits per heavy atom. The first kappa shape index (κ1) is 16.7. The summed E-state index contributed by atoms with van der Waals surface area (Å²) in [7, 11) is -1.50. The molecule has 0 amide bonds. The van der Waals surface area contributed by atoms with Gasteiger partial charge >= 0.3 is 7.60 Å². The summed E-state index contributed by atoms with van der Waals surface area (Å²) in [5.74, 6) is 0.732. The molecule has 0 radical (unpaired) electrons. The molecule has 0 N–H and O–H groups in total. The van der Waals surface area contributed by atoms with Gasteiger partial charge in [-0.15, -0.1) is 0 Å². The number of ether oxygens (including phenoxy) is 1. The van der Waals surface area contributed by atoms with Crippen LogP contribution in [0, 0.1) is 6.92 Å². The van der Waals surface area contributed by atoms with Crippen LogP contribution in [-0.2, 0) is 19.8 Å². The van der Waals surface area contributed by atoms with Crippen LogP contribution in [-0.4, -0.2) is 20.3 Å². The Morgan fingerprint density at radius 2 is 1.79 bits per heavy atom. The Bertz CT molecular complexity index is 466. The van der Waals surface area contributed by atoms with Gasteiger partial charge in [0, 0.05) is 4.47 Å². The fourth-order valence-electron chi connectivity index (χ4n) is 1.77. The topological polar surface area (TPSA) is 44.8 Å². The van der Waals surface area contributed by atoms with E-state index in [1.54, 1.807) is 21.0 Å². The molecular formula is C13H20BrO4P. The molecule has 1 rings (SSSR count). The molecule has 0 aliphatic heterocycles. The molecule has 108 valence electrons. The zero-order valence-electron chi connectivity index (χ0n) is 11.7. The zero-order valence-corrected chi connectivity index (χ0v) is 14.2. The summed E-state index contributed by atoms with van der Waals surface area (Å²) in [5, 5.41) is 0. The first-order valence-electron chi connectivity index (χ1n) is 6.17. The normalized spacial score (nSPS) is 11.6. The Balaban J connectivity index is 3.08. The standard InChI is InChI=1S/C13H20BrO4P/c1-5-17-19(15,18-6-2)9-11-8-12(16-4)7-10(3)13(11)14/h7-8H,5-6,9H2,1-4H3. The van der Waals surface area contributed by atoms with Crippen molar-refractivity contribution in [2.24, 2.45) is 0 Å². The molecule has 0 aliphatic carbocycles. The lowest BCUT2D eigenvalue weighted by atomic mass is 10.1. The van der Waals surface area contributed by atoms with Gasteiger partial charge in [-0.05, 0) is 44.0 Å². The first-order chi connectivity index (χ1) is 8.95. The second-order valence-corrected chi connectivity index (χ2v) is 6.87. The molecule has 0 unspecified atom stereocenters. The van der Waals surface area contributed by atoms with Gasteiger partial charge in [-0.2, -0.15) is 0 Å². The average Bonchev–Trinajstić information content (AvgIpc) is 2.35. The first-order valence-corrected chi connectivity index (χ1v) is 8.69. The van der Waals surface area contributed by atoms with Gasteiger partial charge in [-0.3, -0.25) is 4.57 Å². The zero-order chi connectivity index (χ0) is 14.5. The lowest BCUT2D eigenvalue weighted by molar-refractivity contribution is 0.219. The Morgan fingerprint density at radius 3 is 2.26 bits per heavy atom. The van der Waals surface area contributed by atoms with Gasteiger partial charge in [0.05, 0.1) is 26.5 Å². The highest BCUT2D eigenvalue weighted by molar-refractivity contribution is 9.10. The number of benzene rings is 1. The van der Waals surface area contributed by atoms with E-state index in [4.69, 9.17) is 13.8 Å². The summed E-state index contributed by atoms with van der Waals surface area (Å²) in [6.45, 7) is 6.28. The summed E-state index contributed by atoms with van der Waals surface area (Å²) >= 11 is 3.51. The fraction of sp³-hybridized carbons (Fsp3) is 0.538. The van der Waals surface area contributed by atoms with Crippen molar-refractivity contribution in [3.63, 3.8) is 0 Å². The van der Waals surface area contributed by atoms with Crippen LogP contribution in [0.1, 0.15) is 25.0 Å². The van der Waals surface area contributed by atoms with Crippen LogP contribution in [0.5, 0.6) is 5.75 Å². The highest BCUT2D eigenvalue weighted by atomic mass is 79.9. The van der Waals surface area contributed by atoms with E-state index in [1.807, 2.05) is 19.1 Å². The molecular weight excluding hydrogens is 331 g/mol. The van der Waals surface area contributed by atoms with E-state index in [1.165, 1.54) is 0 Å². The fourth-order valence-corrected chi connectivity index (χ4v) is 4.07. The molecule has 0 atom stereocenters. The maximum Gasteiger partial charge on any atom is 0.335 e. The molecule has 4 nitrogen and oxygen atoms in total. The number of aryl methyl sites for hydroxylation is 1. The van der Waals surface area contributed by atoms with Crippen LogP contribution < -0.4 is 4.74 Å². The maximum absolute atomic E-state index is 12.5. The highest BCUT2D eigenvalue weighted by Crippen LogP contribution is 2.52. The monoisotopic (exact) mass is 350 g/mol. The quantitative estimate of drug-likeness (QED) is 0.677. The van der Waals surface area contributed by atoms with Crippen molar-refractivity contribution in [1.82, 2.24) is 0 Å². The van der Waals surface area contributed by atoms with Crippen molar-refractivity contribution >= 4 is 23.5 Å². The minimum atomic E-state index is -3.10. The number of halogens is 1. The van der Waals surface area contributed by atoms with Crippen LogP contribution >= 0.6 is 23.5 Å². The van der Waals surface area contributed by atoms with Crippen LogP contribution in [0.4, 0.5) is 0 Å². The van der Waals surface area contributed by atoms with Gasteiger partial charge in [-0.25, -0.2) is 0 Å². The van der Waals surface area contributed by atoms with Crippen molar-refractivity contribution in [2.75, 3.05) is 20.3 Å². The van der Waals surface area contributed by atoms with Crippen LogP contribution in [0.3, 0.4) is 0 Å². The Labute approximate surface area is 123 Å². The van der Waals surface area contributed by atoms with Gasteiger partial charge in [0.25, 0.3) is 0 Å². The van der Waals surface area contributed by atoms with Crippen molar-refractivity contribution in [3.05, 3.63) is 27.7 Å². The van der Waals surface area contributed by atoms with Crippen molar-refractivity contribution in [3.8, 4) is 5.75 Å². The second-order valence-electron chi connectivity index (χ2n) is 4.02. The predicted octanol–water partition coefficient (Wildman–Crippen LogP) is 4.53. The maximum atomic E-state index is 12.5. The molecule has 0 aliphatic rings. The van der Waals surface area contributed by atoms with E-state index in [0.717, 1.165) is 21.3 Å². The van der Waals surface area contributed by atoms with Gasteiger partial charge in [-0.1, -0.05) is 15.9 Å². The van der Waals surface area contributed by atoms with E-state index < -0.39 is 7.60 Å². The third kappa shape index (κ3) is 4.60. The summed E-state index contributed by atoms with van der Waals surface area (Å²) < 4.78 is 29.3. The third-order valence-electron chi connectivity index (χ3n) is 2.55. The summed E-state index contributed by atoms with van der Waals surface area (Å²) in [6.07, 6.45) is 0.229. The van der Waals surface area contributed by atoms with Crippen molar-refractivity contribution in [2.45, 2.75) is 26.9 Å². The van der Waals surface area contributed by atoms with Gasteiger partial charge < -0.3 is 13.8 Å². The minimum absolute atomic E-state index is 0.229. The van der Waals surface area contributed by atoms with E-state index in [2.05, 4.69) is 15.9 Å². The van der Waals surface area contributed by atoms with Gasteiger partial charge in [0.2, 0.25) is 0 Å². The predicted molar refractivity (Wildman–Crippen MR) is 80.0 cm³/mol. The largest absolute Gasteiger partial charge is 0.497 e. The molecule has 0 fully saturated rings. The van der Waals surface area contributed by atoms with Crippen molar-refractivity contribution in [1.29, 1.82) is 0 Å². The smallest absolute Gasteiger partial charge is 0.335 e. The van der Waals surface area contributed by atoms with E-state index >= 15 is 0 Å². The number of hydrogen-bond acceptors (Lipinski definition) is 4. The van der Waals surface area contributed by atoms with E-state index in [0.29, 0.717) is 13.2 Å². The second kappa shape index (κ2) is 7.44. The molecule has 0 heterocycles. The highest BCUT2D eigenvalue weighted by Gasteiger charge is 2.26. The lowest BCUT2D eigenvalue weighted by Crippen LogP contribution is -2.01. The van der Waals surface area contributed by atoms with Crippen molar-refractivity contribution < 1.29 is 18.3 Å². The Kier molecular flexibility index (Phi) is 6.54. The molecule has 1 aromatic rings. The molecule has 0 aromatic heterocycles. The van der Waals surface area contributed by atoms with E-state index in [9.17, 15) is 4.57 Å². The molecule has 19 heavy (non-hydrogen) atoms. The summed E-state index contributed by atoms with van der Waals surface area (Å²) in [6, 6.07) is 3.77. The minimum Gasteiger partial charge on any atom is -0.497 e. The summed E-state index contributed by atoms with van der Waals surface area (Å²) in [4.78, 5) is 0. The van der Waals surface area contributed by atoms with Crippen LogP contribution in [0.25, 0.3) is 0 Å². The molecule has 0 saturated carbocycles. The molecule has 0 spiro atoms. The number of rotatable bonds is 7. The van der Waals surface area contributed by atoms with E-state index in [-0.39, 0.29) is 6.16 Å². The molecule has 0 bridgehead atoms. The molecule has 1 aromatic carbocycles. The third-order valence-corrected chi connectivity index (χ3v) is 5.72. The van der Waals surface area contributed by atoms with Gasteiger partial charge in [0.15, 0.2) is 0 Å². The van der Waals surface area contributed by atoms with Crippen LogP contribution in [0.2, 0.25) is 0 Å². The van der Waals surface area contributed by atoms with Crippen LogP contribution in [0.15, 0.2) is 16.6 Å².